The van der Waals surface area contributed by atoms with Crippen LogP contribution in [-0.4, -0.2) is 61.1 Å². The first-order chi connectivity index (χ1) is 8.19. The number of nitrogens with one attached hydrogen (secondary N) is 1. The van der Waals surface area contributed by atoms with Crippen LogP contribution in [0.4, 0.5) is 5.13 Å². The molecule has 4 nitrogen and oxygen atoms in total. The number of rotatable bonds is 4. The normalized spacial score (nSPS) is 22.9. The smallest absolute Gasteiger partial charge is 0.182 e. The largest absolute Gasteiger partial charge is 0.360 e. The van der Waals surface area contributed by atoms with Crippen molar-refractivity contribution in [3.8, 4) is 0 Å². The molecular formula is C12H22N4S. The zero-order chi connectivity index (χ0) is 12.3. The van der Waals surface area contributed by atoms with Gasteiger partial charge in [-0.25, -0.2) is 4.98 Å². The summed E-state index contributed by atoms with van der Waals surface area (Å²) in [6.07, 6.45) is 1.02. The highest BCUT2D eigenvalue weighted by molar-refractivity contribution is 7.13. The molecule has 1 unspecified atom stereocenters. The first-order valence-corrected chi connectivity index (χ1v) is 7.14. The number of anilines is 1. The van der Waals surface area contributed by atoms with Crippen LogP contribution in [0, 0.1) is 0 Å². The molecule has 2 rings (SSSR count). The van der Waals surface area contributed by atoms with Crippen LogP contribution in [0.2, 0.25) is 0 Å². The maximum Gasteiger partial charge on any atom is 0.182 e. The van der Waals surface area contributed by atoms with Gasteiger partial charge in [-0.05, 0) is 20.5 Å². The van der Waals surface area contributed by atoms with Crippen molar-refractivity contribution in [1.82, 2.24) is 14.8 Å². The molecule has 0 aromatic carbocycles. The minimum atomic E-state index is 0.586. The fourth-order valence-corrected chi connectivity index (χ4v) is 2.88. The Hall–Kier alpha value is -0.650. The first kappa shape index (κ1) is 12.8. The van der Waals surface area contributed by atoms with Crippen LogP contribution < -0.4 is 5.32 Å². The molecular weight excluding hydrogens is 232 g/mol. The van der Waals surface area contributed by atoms with E-state index in [1.165, 1.54) is 12.2 Å². The summed E-state index contributed by atoms with van der Waals surface area (Å²) in [6.45, 7) is 6.58. The standard InChI is InChI=1S/C12H22N4S/c1-4-10-9-17-12(14-10)13-7-11-8-15(2)5-6-16(11)3/h9,11H,4-8H2,1-3H3,(H,13,14). The third-order valence-corrected chi connectivity index (χ3v) is 4.23. The van der Waals surface area contributed by atoms with Crippen molar-refractivity contribution in [3.63, 3.8) is 0 Å². The van der Waals surface area contributed by atoms with Crippen molar-refractivity contribution >= 4 is 16.5 Å². The molecule has 0 amide bonds. The fourth-order valence-electron chi connectivity index (χ4n) is 2.08. The third kappa shape index (κ3) is 3.40. The second-order valence-corrected chi connectivity index (χ2v) is 5.63. The van der Waals surface area contributed by atoms with E-state index in [0.29, 0.717) is 6.04 Å². The van der Waals surface area contributed by atoms with E-state index in [4.69, 9.17) is 0 Å². The number of hydrogen-bond acceptors (Lipinski definition) is 5. The molecule has 0 spiro atoms. The molecule has 1 aliphatic rings. The molecule has 1 aromatic heterocycles. The third-order valence-electron chi connectivity index (χ3n) is 3.38. The lowest BCUT2D eigenvalue weighted by molar-refractivity contribution is 0.122. The van der Waals surface area contributed by atoms with Crippen molar-refractivity contribution in [2.75, 3.05) is 45.6 Å². The fraction of sp³-hybridized carbons (Fsp3) is 0.750. The van der Waals surface area contributed by atoms with E-state index >= 15 is 0 Å². The number of likely N-dealkylation sites (N-methyl/N-ethyl adjacent to an activating group) is 2. The lowest BCUT2D eigenvalue weighted by Crippen LogP contribution is -2.52. The molecule has 2 heterocycles. The quantitative estimate of drug-likeness (QED) is 0.879. The summed E-state index contributed by atoms with van der Waals surface area (Å²) in [7, 11) is 4.40. The summed E-state index contributed by atoms with van der Waals surface area (Å²) < 4.78 is 0. The summed E-state index contributed by atoms with van der Waals surface area (Å²) >= 11 is 1.71. The number of hydrogen-bond donors (Lipinski definition) is 1. The Morgan fingerprint density at radius 3 is 3.00 bits per heavy atom. The van der Waals surface area contributed by atoms with E-state index in [1.54, 1.807) is 11.3 Å². The molecule has 96 valence electrons. The van der Waals surface area contributed by atoms with E-state index < -0.39 is 0 Å². The SMILES string of the molecule is CCc1csc(NCC2CN(C)CCN2C)n1. The zero-order valence-corrected chi connectivity index (χ0v) is 11.8. The molecule has 1 fully saturated rings. The lowest BCUT2D eigenvalue weighted by atomic mass is 10.2. The number of aromatic nitrogens is 1. The Morgan fingerprint density at radius 2 is 2.29 bits per heavy atom. The van der Waals surface area contributed by atoms with Gasteiger partial charge in [0.1, 0.15) is 0 Å². The highest BCUT2D eigenvalue weighted by Crippen LogP contribution is 2.16. The van der Waals surface area contributed by atoms with Crippen LogP contribution >= 0.6 is 11.3 Å². The molecule has 1 atom stereocenters. The zero-order valence-electron chi connectivity index (χ0n) is 10.9. The molecule has 1 saturated heterocycles. The van der Waals surface area contributed by atoms with E-state index in [-0.39, 0.29) is 0 Å². The van der Waals surface area contributed by atoms with Gasteiger partial charge < -0.3 is 10.2 Å². The van der Waals surface area contributed by atoms with Gasteiger partial charge in [0.25, 0.3) is 0 Å². The van der Waals surface area contributed by atoms with Crippen LogP contribution in [0.3, 0.4) is 0 Å². The van der Waals surface area contributed by atoms with Gasteiger partial charge in [-0.2, -0.15) is 0 Å². The van der Waals surface area contributed by atoms with Gasteiger partial charge in [-0.15, -0.1) is 11.3 Å². The number of piperazine rings is 1. The summed E-state index contributed by atoms with van der Waals surface area (Å²) in [4.78, 5) is 9.36. The van der Waals surface area contributed by atoms with Gasteiger partial charge in [0, 0.05) is 37.6 Å². The maximum absolute atomic E-state index is 4.53. The van der Waals surface area contributed by atoms with Gasteiger partial charge in [0.05, 0.1) is 5.69 Å². The predicted molar refractivity (Wildman–Crippen MR) is 73.9 cm³/mol. The molecule has 1 aromatic rings. The van der Waals surface area contributed by atoms with Crippen molar-refractivity contribution in [2.24, 2.45) is 0 Å². The van der Waals surface area contributed by atoms with Crippen molar-refractivity contribution in [3.05, 3.63) is 11.1 Å². The van der Waals surface area contributed by atoms with Crippen LogP contribution in [-0.2, 0) is 6.42 Å². The second kappa shape index (κ2) is 5.80. The number of thiazole rings is 1. The highest BCUT2D eigenvalue weighted by Gasteiger charge is 2.21. The summed E-state index contributed by atoms with van der Waals surface area (Å²) in [5, 5.41) is 6.66. The Bertz CT molecular complexity index is 352. The van der Waals surface area contributed by atoms with Crippen LogP contribution in [0.5, 0.6) is 0 Å². The van der Waals surface area contributed by atoms with Crippen molar-refractivity contribution in [1.29, 1.82) is 0 Å². The van der Waals surface area contributed by atoms with Gasteiger partial charge in [-0.3, -0.25) is 4.90 Å². The first-order valence-electron chi connectivity index (χ1n) is 6.26. The summed E-state index contributed by atoms with van der Waals surface area (Å²) in [6, 6.07) is 0.586. The molecule has 5 heteroatoms. The molecule has 1 N–H and O–H groups in total. The minimum Gasteiger partial charge on any atom is -0.360 e. The average Bonchev–Trinajstić information content (AvgIpc) is 2.78. The van der Waals surface area contributed by atoms with Gasteiger partial charge in [-0.1, -0.05) is 6.92 Å². The Balaban J connectivity index is 1.84. The molecule has 17 heavy (non-hydrogen) atoms. The van der Waals surface area contributed by atoms with E-state index in [0.717, 1.165) is 31.2 Å². The van der Waals surface area contributed by atoms with Gasteiger partial charge in [0.2, 0.25) is 0 Å². The molecule has 0 saturated carbocycles. The second-order valence-electron chi connectivity index (χ2n) is 4.78. The van der Waals surface area contributed by atoms with E-state index in [1.807, 2.05) is 0 Å². The minimum absolute atomic E-state index is 0.586. The molecule has 0 bridgehead atoms. The lowest BCUT2D eigenvalue weighted by Gasteiger charge is -2.37. The predicted octanol–water partition coefficient (Wildman–Crippen LogP) is 1.36. The van der Waals surface area contributed by atoms with Crippen molar-refractivity contribution in [2.45, 2.75) is 19.4 Å². The number of aryl methyl sites for hydroxylation is 1. The van der Waals surface area contributed by atoms with Crippen LogP contribution in [0.1, 0.15) is 12.6 Å². The van der Waals surface area contributed by atoms with Gasteiger partial charge >= 0.3 is 0 Å². The molecule has 0 radical (unpaired) electrons. The van der Waals surface area contributed by atoms with E-state index in [2.05, 4.69) is 46.5 Å². The Morgan fingerprint density at radius 1 is 1.47 bits per heavy atom. The topological polar surface area (TPSA) is 31.4 Å². The summed E-state index contributed by atoms with van der Waals surface area (Å²) in [5.74, 6) is 0. The molecule has 0 aliphatic carbocycles. The average molecular weight is 254 g/mol. The monoisotopic (exact) mass is 254 g/mol. The summed E-state index contributed by atoms with van der Waals surface area (Å²) in [5.41, 5.74) is 1.19. The Kier molecular flexibility index (Phi) is 4.36. The molecule has 1 aliphatic heterocycles. The van der Waals surface area contributed by atoms with E-state index in [9.17, 15) is 0 Å². The van der Waals surface area contributed by atoms with Gasteiger partial charge in [0.15, 0.2) is 5.13 Å². The maximum atomic E-state index is 4.53. The highest BCUT2D eigenvalue weighted by atomic mass is 32.1. The number of nitrogens with zero attached hydrogens (tertiary/aromatic N) is 3. The van der Waals surface area contributed by atoms with Crippen LogP contribution in [0.15, 0.2) is 5.38 Å². The van der Waals surface area contributed by atoms with Crippen LogP contribution in [0.25, 0.3) is 0 Å². The Labute approximate surface area is 108 Å². The van der Waals surface area contributed by atoms with Crippen molar-refractivity contribution < 1.29 is 0 Å².